The van der Waals surface area contributed by atoms with Crippen LogP contribution < -0.4 is 9.46 Å². The highest BCUT2D eigenvalue weighted by molar-refractivity contribution is 7.91. The minimum atomic E-state index is -3.92. The number of nitrogens with zero attached hydrogens (tertiary/aromatic N) is 3. The maximum absolute atomic E-state index is 15.4. The molecule has 0 spiro atoms. The molecular formula is C26H20FN5O4S. The minimum absolute atomic E-state index is 0.182. The summed E-state index contributed by atoms with van der Waals surface area (Å²) in [5, 5.41) is 0.466. The molecule has 2 aromatic carbocycles. The van der Waals surface area contributed by atoms with Gasteiger partial charge in [0.25, 0.3) is 0 Å². The number of sulfonamides is 1. The number of ether oxygens (including phenoxy) is 1. The molecule has 0 aliphatic carbocycles. The Morgan fingerprint density at radius 1 is 0.973 bits per heavy atom. The van der Waals surface area contributed by atoms with Gasteiger partial charge in [-0.25, -0.2) is 27.8 Å². The first-order valence-corrected chi connectivity index (χ1v) is 12.7. The van der Waals surface area contributed by atoms with Gasteiger partial charge in [-0.2, -0.15) is 0 Å². The van der Waals surface area contributed by atoms with Crippen LogP contribution in [0.2, 0.25) is 0 Å². The Morgan fingerprint density at radius 3 is 2.43 bits per heavy atom. The standard InChI is InChI=1S/C26H20FN5O4S/c1-36-26-30-12-18(13-31-26)17-10-20-21(14-29-25(20)28-11-17)24(33)19-8-5-9-22(23(19)27)32-37(34,35)15-16-6-3-2-4-7-16/h2-14,32H,15H2,1H3,(H,28,29). The van der Waals surface area contributed by atoms with Crippen LogP contribution in [0.4, 0.5) is 10.1 Å². The Kier molecular flexibility index (Phi) is 6.36. The van der Waals surface area contributed by atoms with Crippen LogP contribution in [0.3, 0.4) is 0 Å². The van der Waals surface area contributed by atoms with E-state index in [0.29, 0.717) is 27.7 Å². The third-order valence-electron chi connectivity index (χ3n) is 5.63. The van der Waals surface area contributed by atoms with Crippen LogP contribution in [0.15, 0.2) is 79.4 Å². The fourth-order valence-corrected chi connectivity index (χ4v) is 5.04. The van der Waals surface area contributed by atoms with Gasteiger partial charge in [0.2, 0.25) is 10.0 Å². The van der Waals surface area contributed by atoms with Gasteiger partial charge >= 0.3 is 6.01 Å². The zero-order valence-electron chi connectivity index (χ0n) is 19.5. The summed E-state index contributed by atoms with van der Waals surface area (Å²) in [6.07, 6.45) is 6.17. The molecule has 0 atom stereocenters. The molecule has 5 aromatic rings. The summed E-state index contributed by atoms with van der Waals surface area (Å²) in [5.41, 5.74) is 1.87. The van der Waals surface area contributed by atoms with Gasteiger partial charge in [0.15, 0.2) is 11.6 Å². The lowest BCUT2D eigenvalue weighted by atomic mass is 10.0. The number of fused-ring (bicyclic) bond motifs is 1. The third-order valence-corrected chi connectivity index (χ3v) is 6.87. The highest BCUT2D eigenvalue weighted by Crippen LogP contribution is 2.28. The molecule has 186 valence electrons. The number of anilines is 1. The molecule has 3 heterocycles. The predicted octanol–water partition coefficient (Wildman–Crippen LogP) is 4.34. The summed E-state index contributed by atoms with van der Waals surface area (Å²) in [6, 6.07) is 14.5. The number of methoxy groups -OCH3 is 1. The zero-order valence-corrected chi connectivity index (χ0v) is 20.3. The number of nitrogens with one attached hydrogen (secondary N) is 2. The van der Waals surface area contributed by atoms with Crippen LogP contribution in [0.5, 0.6) is 6.01 Å². The van der Waals surface area contributed by atoms with Crippen LogP contribution in [0.1, 0.15) is 21.5 Å². The molecule has 3 aromatic heterocycles. The van der Waals surface area contributed by atoms with E-state index < -0.39 is 21.6 Å². The van der Waals surface area contributed by atoms with Gasteiger partial charge in [0, 0.05) is 46.9 Å². The van der Waals surface area contributed by atoms with Gasteiger partial charge in [0.1, 0.15) is 5.65 Å². The van der Waals surface area contributed by atoms with Gasteiger partial charge in [-0.05, 0) is 23.8 Å². The summed E-state index contributed by atoms with van der Waals surface area (Å²) in [6.45, 7) is 0. The van der Waals surface area contributed by atoms with Crippen molar-refractivity contribution in [3.8, 4) is 17.1 Å². The molecule has 0 unspecified atom stereocenters. The fraction of sp³-hybridized carbons (Fsp3) is 0.0769. The lowest BCUT2D eigenvalue weighted by Crippen LogP contribution is -2.17. The number of carbonyl (C=O) groups is 1. The quantitative estimate of drug-likeness (QED) is 0.293. The molecule has 0 aliphatic rings. The molecule has 0 saturated carbocycles. The highest BCUT2D eigenvalue weighted by atomic mass is 32.2. The second kappa shape index (κ2) is 9.78. The molecule has 37 heavy (non-hydrogen) atoms. The Labute approximate surface area is 211 Å². The Hall–Kier alpha value is -4.64. The van der Waals surface area contributed by atoms with Crippen LogP contribution in [0.25, 0.3) is 22.2 Å². The normalized spacial score (nSPS) is 11.4. The molecule has 0 bridgehead atoms. The first kappa shape index (κ1) is 24.1. The van der Waals surface area contributed by atoms with Crippen LogP contribution in [-0.4, -0.2) is 41.2 Å². The molecule has 0 radical (unpaired) electrons. The molecule has 9 nitrogen and oxygen atoms in total. The van der Waals surface area contributed by atoms with Crippen molar-refractivity contribution < 1.29 is 22.3 Å². The van der Waals surface area contributed by atoms with Crippen LogP contribution in [0, 0.1) is 5.82 Å². The van der Waals surface area contributed by atoms with Gasteiger partial charge in [0.05, 0.1) is 24.1 Å². The topological polar surface area (TPSA) is 127 Å². The molecule has 5 rings (SSSR count). The number of pyridine rings is 1. The number of ketones is 1. The Morgan fingerprint density at radius 2 is 1.70 bits per heavy atom. The number of aromatic amines is 1. The first-order chi connectivity index (χ1) is 17.8. The van der Waals surface area contributed by atoms with E-state index in [2.05, 4.69) is 24.7 Å². The largest absolute Gasteiger partial charge is 0.467 e. The first-order valence-electron chi connectivity index (χ1n) is 11.1. The molecule has 0 saturated heterocycles. The summed E-state index contributed by atoms with van der Waals surface area (Å²) in [7, 11) is -2.46. The van der Waals surface area contributed by atoms with Crippen molar-refractivity contribution in [3.05, 3.63) is 102 Å². The van der Waals surface area contributed by atoms with Crippen molar-refractivity contribution in [2.45, 2.75) is 5.75 Å². The van der Waals surface area contributed by atoms with Crippen molar-refractivity contribution in [1.82, 2.24) is 19.9 Å². The number of aromatic nitrogens is 4. The average molecular weight is 518 g/mol. The van der Waals surface area contributed by atoms with Gasteiger partial charge in [-0.1, -0.05) is 36.4 Å². The molecule has 0 amide bonds. The lowest BCUT2D eigenvalue weighted by Gasteiger charge is -2.11. The van der Waals surface area contributed by atoms with E-state index in [1.165, 1.54) is 31.5 Å². The summed E-state index contributed by atoms with van der Waals surface area (Å²) >= 11 is 0. The Balaban J connectivity index is 1.46. The number of hydrogen-bond donors (Lipinski definition) is 2. The van der Waals surface area contributed by atoms with Gasteiger partial charge in [-0.3, -0.25) is 9.52 Å². The molecule has 0 fully saturated rings. The van der Waals surface area contributed by atoms with E-state index in [1.54, 1.807) is 55.0 Å². The summed E-state index contributed by atoms with van der Waals surface area (Å²) in [4.78, 5) is 28.8. The van der Waals surface area contributed by atoms with Gasteiger partial charge in [-0.15, -0.1) is 0 Å². The number of hydrogen-bond acceptors (Lipinski definition) is 7. The summed E-state index contributed by atoms with van der Waals surface area (Å²) in [5.74, 6) is -1.93. The van der Waals surface area contributed by atoms with E-state index >= 15 is 4.39 Å². The molecule has 0 aliphatic heterocycles. The molecule has 2 N–H and O–H groups in total. The smallest absolute Gasteiger partial charge is 0.316 e. The monoisotopic (exact) mass is 517 g/mol. The van der Waals surface area contributed by atoms with Crippen molar-refractivity contribution >= 4 is 32.5 Å². The van der Waals surface area contributed by atoms with Crippen LogP contribution >= 0.6 is 0 Å². The number of rotatable bonds is 8. The second-order valence-electron chi connectivity index (χ2n) is 8.12. The van der Waals surface area contributed by atoms with Crippen LogP contribution in [-0.2, 0) is 15.8 Å². The molecule has 11 heteroatoms. The van der Waals surface area contributed by atoms with E-state index in [0.717, 1.165) is 0 Å². The number of benzene rings is 2. The number of carbonyl (C=O) groups excluding carboxylic acids is 1. The van der Waals surface area contributed by atoms with Crippen molar-refractivity contribution in [3.63, 3.8) is 0 Å². The van der Waals surface area contributed by atoms with E-state index in [4.69, 9.17) is 4.74 Å². The second-order valence-corrected chi connectivity index (χ2v) is 9.85. The third kappa shape index (κ3) is 5.02. The predicted molar refractivity (Wildman–Crippen MR) is 136 cm³/mol. The minimum Gasteiger partial charge on any atom is -0.467 e. The van der Waals surface area contributed by atoms with E-state index in [1.807, 2.05) is 0 Å². The van der Waals surface area contributed by atoms with Gasteiger partial charge < -0.3 is 9.72 Å². The van der Waals surface area contributed by atoms with Crippen molar-refractivity contribution in [2.75, 3.05) is 11.8 Å². The lowest BCUT2D eigenvalue weighted by molar-refractivity contribution is 0.103. The zero-order chi connectivity index (χ0) is 26.0. The highest BCUT2D eigenvalue weighted by Gasteiger charge is 2.22. The van der Waals surface area contributed by atoms with Crippen molar-refractivity contribution in [2.24, 2.45) is 0 Å². The molecular weight excluding hydrogens is 497 g/mol. The number of H-pyrrole nitrogens is 1. The Bertz CT molecular complexity index is 1700. The number of halogens is 1. The maximum Gasteiger partial charge on any atom is 0.316 e. The fourth-order valence-electron chi connectivity index (χ4n) is 3.85. The van der Waals surface area contributed by atoms with E-state index in [9.17, 15) is 13.2 Å². The SMILES string of the molecule is COc1ncc(-c2cnc3[nH]cc(C(=O)c4cccc(NS(=O)(=O)Cc5ccccc5)c4F)c3c2)cn1. The maximum atomic E-state index is 15.4. The van der Waals surface area contributed by atoms with E-state index in [-0.39, 0.29) is 28.6 Å². The summed E-state index contributed by atoms with van der Waals surface area (Å²) < 4.78 is 47.9. The van der Waals surface area contributed by atoms with Crippen molar-refractivity contribution in [1.29, 1.82) is 0 Å². The average Bonchev–Trinajstić information content (AvgIpc) is 3.33.